The number of carbonyl (C=O) groups excluding carboxylic acids is 2. The van der Waals surface area contributed by atoms with E-state index in [9.17, 15) is 9.59 Å². The van der Waals surface area contributed by atoms with E-state index in [4.69, 9.17) is 9.47 Å². The van der Waals surface area contributed by atoms with E-state index in [2.05, 4.69) is 12.2 Å². The number of hydrogen-bond acceptors (Lipinski definition) is 5. The van der Waals surface area contributed by atoms with Crippen molar-refractivity contribution in [3.63, 3.8) is 0 Å². The van der Waals surface area contributed by atoms with Gasteiger partial charge in [-0.25, -0.2) is 4.79 Å². The molecule has 5 nitrogen and oxygen atoms in total. The Labute approximate surface area is 189 Å². The summed E-state index contributed by atoms with van der Waals surface area (Å²) in [7, 11) is 0. The van der Waals surface area contributed by atoms with Gasteiger partial charge in [-0.15, -0.1) is 11.3 Å². The second-order valence-corrected chi connectivity index (χ2v) is 9.30. The SMILES string of the molecule is CCOC(=O)c1c(NC(=O)[C@@H](CC)Oc2ccc(C)c(C)c2)sc2c1CC[C@H](CC)C2. The highest BCUT2D eigenvalue weighted by Crippen LogP contribution is 2.41. The van der Waals surface area contributed by atoms with Gasteiger partial charge in [-0.1, -0.05) is 26.3 Å². The summed E-state index contributed by atoms with van der Waals surface area (Å²) in [5, 5.41) is 3.58. The van der Waals surface area contributed by atoms with E-state index >= 15 is 0 Å². The molecule has 0 saturated heterocycles. The van der Waals surface area contributed by atoms with Crippen molar-refractivity contribution in [3.05, 3.63) is 45.3 Å². The number of hydrogen-bond donors (Lipinski definition) is 1. The third-order valence-corrected chi connectivity index (χ3v) is 7.25. The molecule has 2 atom stereocenters. The Morgan fingerprint density at radius 1 is 1.19 bits per heavy atom. The first-order valence-electron chi connectivity index (χ1n) is 11.2. The number of aryl methyl sites for hydroxylation is 2. The van der Waals surface area contributed by atoms with Crippen molar-refractivity contribution in [2.75, 3.05) is 11.9 Å². The van der Waals surface area contributed by atoms with E-state index in [1.54, 1.807) is 6.92 Å². The summed E-state index contributed by atoms with van der Waals surface area (Å²) in [5.41, 5.74) is 3.88. The fourth-order valence-corrected chi connectivity index (χ4v) is 5.33. The van der Waals surface area contributed by atoms with Crippen LogP contribution in [-0.2, 0) is 22.4 Å². The number of nitrogens with one attached hydrogen (secondary N) is 1. The van der Waals surface area contributed by atoms with E-state index in [-0.39, 0.29) is 11.9 Å². The van der Waals surface area contributed by atoms with Crippen LogP contribution >= 0.6 is 11.3 Å². The molecular weight excluding hydrogens is 410 g/mol. The number of fused-ring (bicyclic) bond motifs is 1. The standard InChI is InChI=1S/C25H33NO4S/c1-6-17-10-12-19-21(14-17)31-24(22(19)25(28)29-8-3)26-23(27)20(7-2)30-18-11-9-15(4)16(5)13-18/h9,11,13,17,20H,6-8,10,12,14H2,1-5H3,(H,26,27)/t17-,20+/m0/s1. The van der Waals surface area contributed by atoms with Crippen LogP contribution < -0.4 is 10.1 Å². The maximum absolute atomic E-state index is 13.1. The highest BCUT2D eigenvalue weighted by molar-refractivity contribution is 7.17. The lowest BCUT2D eigenvalue weighted by molar-refractivity contribution is -0.122. The Morgan fingerprint density at radius 3 is 2.61 bits per heavy atom. The minimum absolute atomic E-state index is 0.239. The molecule has 0 spiro atoms. The van der Waals surface area contributed by atoms with Crippen molar-refractivity contribution in [3.8, 4) is 5.75 Å². The average Bonchev–Trinajstić information content (AvgIpc) is 3.11. The molecule has 1 aromatic heterocycles. The first kappa shape index (κ1) is 23.3. The molecule has 6 heteroatoms. The molecule has 1 aliphatic rings. The van der Waals surface area contributed by atoms with Gasteiger partial charge < -0.3 is 14.8 Å². The lowest BCUT2D eigenvalue weighted by atomic mass is 9.85. The highest BCUT2D eigenvalue weighted by atomic mass is 32.1. The fraction of sp³-hybridized carbons (Fsp3) is 0.520. The number of thiophene rings is 1. The Hall–Kier alpha value is -2.34. The topological polar surface area (TPSA) is 64.6 Å². The number of rotatable bonds is 8. The Bertz CT molecular complexity index is 949. The van der Waals surface area contributed by atoms with Gasteiger partial charge in [0.15, 0.2) is 6.10 Å². The monoisotopic (exact) mass is 443 g/mol. The molecule has 2 aromatic rings. The third kappa shape index (κ3) is 5.29. The summed E-state index contributed by atoms with van der Waals surface area (Å²) in [6, 6.07) is 5.83. The largest absolute Gasteiger partial charge is 0.481 e. The van der Waals surface area contributed by atoms with E-state index in [0.29, 0.717) is 35.3 Å². The van der Waals surface area contributed by atoms with E-state index in [1.165, 1.54) is 21.8 Å². The summed E-state index contributed by atoms with van der Waals surface area (Å²) in [5.74, 6) is 0.707. The first-order chi connectivity index (χ1) is 14.9. The number of ether oxygens (including phenoxy) is 2. The van der Waals surface area contributed by atoms with Crippen LogP contribution in [0.5, 0.6) is 5.75 Å². The average molecular weight is 444 g/mol. The second kappa shape index (κ2) is 10.3. The first-order valence-corrected chi connectivity index (χ1v) is 12.1. The van der Waals surface area contributed by atoms with E-state index in [1.807, 2.05) is 39.0 Å². The van der Waals surface area contributed by atoms with Crippen LogP contribution in [0, 0.1) is 19.8 Å². The molecule has 31 heavy (non-hydrogen) atoms. The molecule has 0 bridgehead atoms. The summed E-state index contributed by atoms with van der Waals surface area (Å²) in [4.78, 5) is 27.0. The van der Waals surface area contributed by atoms with Crippen LogP contribution in [0.3, 0.4) is 0 Å². The van der Waals surface area contributed by atoms with Crippen molar-refractivity contribution in [1.82, 2.24) is 0 Å². The van der Waals surface area contributed by atoms with Crippen molar-refractivity contribution in [2.45, 2.75) is 72.8 Å². The highest BCUT2D eigenvalue weighted by Gasteiger charge is 2.31. The zero-order valence-corrected chi connectivity index (χ0v) is 20.0. The number of amides is 1. The van der Waals surface area contributed by atoms with Crippen LogP contribution in [0.25, 0.3) is 0 Å². The van der Waals surface area contributed by atoms with Crippen LogP contribution in [0.2, 0.25) is 0 Å². The normalized spacial score (nSPS) is 16.4. The zero-order valence-electron chi connectivity index (χ0n) is 19.2. The van der Waals surface area contributed by atoms with Gasteiger partial charge >= 0.3 is 5.97 Å². The molecule has 1 N–H and O–H groups in total. The lowest BCUT2D eigenvalue weighted by Crippen LogP contribution is -2.32. The number of carbonyl (C=O) groups is 2. The number of esters is 1. The van der Waals surface area contributed by atoms with Crippen LogP contribution in [0.1, 0.15) is 72.0 Å². The predicted octanol–water partition coefficient (Wildman–Crippen LogP) is 5.85. The van der Waals surface area contributed by atoms with Crippen molar-refractivity contribution in [2.24, 2.45) is 5.92 Å². The molecule has 0 unspecified atom stereocenters. The zero-order chi connectivity index (χ0) is 22.5. The van der Waals surface area contributed by atoms with Gasteiger partial charge in [-0.2, -0.15) is 0 Å². The predicted molar refractivity (Wildman–Crippen MR) is 125 cm³/mol. The minimum Gasteiger partial charge on any atom is -0.481 e. The minimum atomic E-state index is -0.639. The maximum atomic E-state index is 13.1. The molecule has 0 saturated carbocycles. The Kier molecular flexibility index (Phi) is 7.76. The molecule has 3 rings (SSSR count). The summed E-state index contributed by atoms with van der Waals surface area (Å²) in [6.45, 7) is 10.3. The maximum Gasteiger partial charge on any atom is 0.341 e. The molecule has 1 heterocycles. The van der Waals surface area contributed by atoms with E-state index in [0.717, 1.165) is 36.8 Å². The smallest absolute Gasteiger partial charge is 0.341 e. The summed E-state index contributed by atoms with van der Waals surface area (Å²) < 4.78 is 11.3. The van der Waals surface area contributed by atoms with Crippen molar-refractivity contribution < 1.29 is 19.1 Å². The molecule has 1 amide bonds. The lowest BCUT2D eigenvalue weighted by Gasteiger charge is -2.21. The quantitative estimate of drug-likeness (QED) is 0.520. The van der Waals surface area contributed by atoms with Gasteiger partial charge in [0, 0.05) is 4.88 Å². The van der Waals surface area contributed by atoms with Gasteiger partial charge in [-0.05, 0) is 81.2 Å². The van der Waals surface area contributed by atoms with Gasteiger partial charge in [-0.3, -0.25) is 4.79 Å². The van der Waals surface area contributed by atoms with Gasteiger partial charge in [0.2, 0.25) is 0 Å². The summed E-state index contributed by atoms with van der Waals surface area (Å²) >= 11 is 1.51. The summed E-state index contributed by atoms with van der Waals surface area (Å²) in [6.07, 6.45) is 3.87. The van der Waals surface area contributed by atoms with Gasteiger partial charge in [0.1, 0.15) is 10.8 Å². The second-order valence-electron chi connectivity index (χ2n) is 8.20. The van der Waals surface area contributed by atoms with Crippen molar-refractivity contribution in [1.29, 1.82) is 0 Å². The van der Waals surface area contributed by atoms with Crippen LogP contribution in [-0.4, -0.2) is 24.6 Å². The molecule has 1 aromatic carbocycles. The molecule has 0 radical (unpaired) electrons. The van der Waals surface area contributed by atoms with Crippen molar-refractivity contribution >= 4 is 28.2 Å². The number of benzene rings is 1. The van der Waals surface area contributed by atoms with Gasteiger partial charge in [0.05, 0.1) is 12.2 Å². The van der Waals surface area contributed by atoms with Crippen LogP contribution in [0.15, 0.2) is 18.2 Å². The molecule has 0 aliphatic heterocycles. The van der Waals surface area contributed by atoms with E-state index < -0.39 is 6.10 Å². The molecule has 1 aliphatic carbocycles. The third-order valence-electron chi connectivity index (χ3n) is 6.08. The number of anilines is 1. The van der Waals surface area contributed by atoms with Gasteiger partial charge in [0.25, 0.3) is 5.91 Å². The molecular formula is C25H33NO4S. The molecule has 0 fully saturated rings. The van der Waals surface area contributed by atoms with Crippen LogP contribution in [0.4, 0.5) is 5.00 Å². The molecule has 168 valence electrons. The Morgan fingerprint density at radius 2 is 1.97 bits per heavy atom. The Balaban J connectivity index is 1.83. The fourth-order valence-electron chi connectivity index (χ4n) is 3.98.